The van der Waals surface area contributed by atoms with Crippen LogP contribution in [0.3, 0.4) is 0 Å². The zero-order valence-electron chi connectivity index (χ0n) is 15.9. The van der Waals surface area contributed by atoms with Crippen molar-refractivity contribution in [3.63, 3.8) is 0 Å². The number of alkyl halides is 3. The standard InChI is InChI=1S/C18H23F3N4O3S/c1-24(12-18(19,20)21)10-5-9-22-17(26)14-7-4-11-25(14)16-13-6-2-3-8-15(13)29(27,28)23-16/h2-3,6,8,14H,4-5,7,9-12H2,1H3,(H,22,26)/t14-/m0/s1. The number of sulfonamides is 1. The first-order valence-electron chi connectivity index (χ1n) is 9.32. The first kappa shape index (κ1) is 21.6. The van der Waals surface area contributed by atoms with E-state index in [-0.39, 0.29) is 29.7 Å². The Balaban J connectivity index is 1.58. The van der Waals surface area contributed by atoms with Crippen LogP contribution in [-0.4, -0.2) is 75.4 Å². The summed E-state index contributed by atoms with van der Waals surface area (Å²) in [5, 5.41) is 2.75. The van der Waals surface area contributed by atoms with Crippen molar-refractivity contribution < 1.29 is 26.4 Å². The number of amides is 1. The van der Waals surface area contributed by atoms with E-state index in [4.69, 9.17) is 0 Å². The van der Waals surface area contributed by atoms with E-state index >= 15 is 0 Å². The predicted molar refractivity (Wildman–Crippen MR) is 101 cm³/mol. The van der Waals surface area contributed by atoms with Crippen LogP contribution in [0.15, 0.2) is 33.6 Å². The monoisotopic (exact) mass is 432 g/mol. The summed E-state index contributed by atoms with van der Waals surface area (Å²) in [5.41, 5.74) is 0.487. The average molecular weight is 432 g/mol. The number of carbonyl (C=O) groups is 1. The van der Waals surface area contributed by atoms with Crippen molar-refractivity contribution in [2.75, 3.05) is 33.2 Å². The lowest BCUT2D eigenvalue weighted by Gasteiger charge is -2.26. The van der Waals surface area contributed by atoms with E-state index in [1.54, 1.807) is 23.1 Å². The third-order valence-electron chi connectivity index (χ3n) is 4.91. The van der Waals surface area contributed by atoms with Gasteiger partial charge in [0.2, 0.25) is 5.91 Å². The molecule has 7 nitrogen and oxygen atoms in total. The quantitative estimate of drug-likeness (QED) is 0.691. The number of benzene rings is 1. The number of halogens is 3. The second-order valence-corrected chi connectivity index (χ2v) is 8.81. The number of amidine groups is 1. The minimum Gasteiger partial charge on any atom is -0.354 e. The molecule has 0 aliphatic carbocycles. The summed E-state index contributed by atoms with van der Waals surface area (Å²) in [6.45, 7) is -0.0423. The van der Waals surface area contributed by atoms with Crippen LogP contribution in [0.25, 0.3) is 0 Å². The highest BCUT2D eigenvalue weighted by atomic mass is 32.2. The van der Waals surface area contributed by atoms with E-state index in [0.717, 1.165) is 4.90 Å². The molecule has 1 saturated heterocycles. The second kappa shape index (κ2) is 8.31. The molecule has 11 heteroatoms. The van der Waals surface area contributed by atoms with E-state index in [0.29, 0.717) is 31.4 Å². The van der Waals surface area contributed by atoms with Gasteiger partial charge in [0.1, 0.15) is 10.9 Å². The molecule has 1 aromatic rings. The zero-order chi connectivity index (χ0) is 21.2. The van der Waals surface area contributed by atoms with Crippen LogP contribution in [-0.2, 0) is 14.8 Å². The fourth-order valence-electron chi connectivity index (χ4n) is 3.65. The van der Waals surface area contributed by atoms with Crippen LogP contribution in [0.5, 0.6) is 0 Å². The van der Waals surface area contributed by atoms with Gasteiger partial charge in [-0.2, -0.15) is 21.6 Å². The highest BCUT2D eigenvalue weighted by Gasteiger charge is 2.39. The molecule has 0 unspecified atom stereocenters. The molecule has 0 radical (unpaired) electrons. The van der Waals surface area contributed by atoms with Gasteiger partial charge in [0.25, 0.3) is 10.0 Å². The van der Waals surface area contributed by atoms with Crippen molar-refractivity contribution >= 4 is 21.8 Å². The Kier molecular flexibility index (Phi) is 6.18. The van der Waals surface area contributed by atoms with Crippen LogP contribution >= 0.6 is 0 Å². The Morgan fingerprint density at radius 2 is 2.07 bits per heavy atom. The Labute approximate surface area is 167 Å². The Hall–Kier alpha value is -2.14. The van der Waals surface area contributed by atoms with Crippen LogP contribution in [0.4, 0.5) is 13.2 Å². The normalized spacial score (nSPS) is 20.7. The molecule has 0 spiro atoms. The molecule has 2 heterocycles. The van der Waals surface area contributed by atoms with Gasteiger partial charge in [-0.3, -0.25) is 9.69 Å². The van der Waals surface area contributed by atoms with Crippen LogP contribution < -0.4 is 5.32 Å². The van der Waals surface area contributed by atoms with Crippen molar-refractivity contribution in [3.05, 3.63) is 29.8 Å². The van der Waals surface area contributed by atoms with Crippen molar-refractivity contribution in [2.45, 2.75) is 36.4 Å². The summed E-state index contributed by atoms with van der Waals surface area (Å²) in [5.74, 6) is 0.00798. The largest absolute Gasteiger partial charge is 0.401 e. The molecule has 0 bridgehead atoms. The molecule has 0 aromatic heterocycles. The Morgan fingerprint density at radius 1 is 1.34 bits per heavy atom. The zero-order valence-corrected chi connectivity index (χ0v) is 16.8. The lowest BCUT2D eigenvalue weighted by molar-refractivity contribution is -0.143. The van der Waals surface area contributed by atoms with E-state index in [1.807, 2.05) is 0 Å². The maximum Gasteiger partial charge on any atom is 0.401 e. The number of nitrogens with zero attached hydrogens (tertiary/aromatic N) is 3. The van der Waals surface area contributed by atoms with Crippen molar-refractivity contribution in [2.24, 2.45) is 4.40 Å². The number of hydrogen-bond acceptors (Lipinski definition) is 5. The predicted octanol–water partition coefficient (Wildman–Crippen LogP) is 1.60. The fraction of sp³-hybridized carbons (Fsp3) is 0.556. The van der Waals surface area contributed by atoms with Gasteiger partial charge in [-0.25, -0.2) is 0 Å². The Bertz CT molecular complexity index is 902. The van der Waals surface area contributed by atoms with Crippen molar-refractivity contribution in [3.8, 4) is 0 Å². The topological polar surface area (TPSA) is 82.1 Å². The molecule has 2 aliphatic heterocycles. The summed E-state index contributed by atoms with van der Waals surface area (Å²) in [4.78, 5) is 15.6. The number of nitrogens with one attached hydrogen (secondary N) is 1. The van der Waals surface area contributed by atoms with E-state index in [9.17, 15) is 26.4 Å². The Morgan fingerprint density at radius 3 is 2.79 bits per heavy atom. The number of fused-ring (bicyclic) bond motifs is 1. The maximum atomic E-state index is 12.6. The summed E-state index contributed by atoms with van der Waals surface area (Å²) >= 11 is 0. The third-order valence-corrected chi connectivity index (χ3v) is 6.23. The molecule has 160 valence electrons. The number of likely N-dealkylation sites (tertiary alicyclic amines) is 1. The van der Waals surface area contributed by atoms with Gasteiger partial charge in [0.15, 0.2) is 5.84 Å². The van der Waals surface area contributed by atoms with E-state index in [2.05, 4.69) is 9.71 Å². The van der Waals surface area contributed by atoms with Crippen LogP contribution in [0.1, 0.15) is 24.8 Å². The van der Waals surface area contributed by atoms with Gasteiger partial charge < -0.3 is 10.2 Å². The van der Waals surface area contributed by atoms with Gasteiger partial charge in [-0.05, 0) is 45.0 Å². The molecule has 3 rings (SSSR count). The molecular weight excluding hydrogens is 409 g/mol. The molecule has 1 aromatic carbocycles. The van der Waals surface area contributed by atoms with Gasteiger partial charge >= 0.3 is 6.18 Å². The van der Waals surface area contributed by atoms with Gasteiger partial charge in [0, 0.05) is 18.7 Å². The lowest BCUT2D eigenvalue weighted by atomic mass is 10.1. The smallest absolute Gasteiger partial charge is 0.354 e. The highest BCUT2D eigenvalue weighted by Crippen LogP contribution is 2.31. The first-order valence-corrected chi connectivity index (χ1v) is 10.8. The molecule has 1 N–H and O–H groups in total. The first-order chi connectivity index (χ1) is 13.6. The second-order valence-electron chi connectivity index (χ2n) is 7.24. The summed E-state index contributed by atoms with van der Waals surface area (Å²) in [6, 6.07) is 5.95. The maximum absolute atomic E-state index is 12.6. The summed E-state index contributed by atoms with van der Waals surface area (Å²) in [7, 11) is -2.39. The van der Waals surface area contributed by atoms with E-state index < -0.39 is 28.8 Å². The van der Waals surface area contributed by atoms with Crippen molar-refractivity contribution in [1.29, 1.82) is 0 Å². The molecule has 1 amide bonds. The van der Waals surface area contributed by atoms with E-state index in [1.165, 1.54) is 13.1 Å². The molecule has 1 fully saturated rings. The third kappa shape index (κ3) is 5.08. The van der Waals surface area contributed by atoms with Gasteiger partial charge in [-0.15, -0.1) is 4.40 Å². The minimum absolute atomic E-state index is 0.133. The van der Waals surface area contributed by atoms with Crippen LogP contribution in [0.2, 0.25) is 0 Å². The number of hydrogen-bond donors (Lipinski definition) is 1. The minimum atomic E-state index is -4.25. The van der Waals surface area contributed by atoms with Crippen LogP contribution in [0, 0.1) is 0 Å². The number of carbonyl (C=O) groups excluding carboxylic acids is 1. The molecule has 29 heavy (non-hydrogen) atoms. The summed E-state index contributed by atoms with van der Waals surface area (Å²) < 4.78 is 65.4. The van der Waals surface area contributed by atoms with Gasteiger partial charge in [0.05, 0.1) is 6.54 Å². The summed E-state index contributed by atoms with van der Waals surface area (Å²) in [6.07, 6.45) is -2.60. The highest BCUT2D eigenvalue weighted by molar-refractivity contribution is 7.90. The molecule has 1 atom stereocenters. The van der Waals surface area contributed by atoms with Crippen molar-refractivity contribution in [1.82, 2.24) is 15.1 Å². The molecule has 2 aliphatic rings. The SMILES string of the molecule is CN(CCCNC(=O)[C@@H]1CCCN1C1=NS(=O)(=O)c2ccccc21)CC(F)(F)F. The average Bonchev–Trinajstić information content (AvgIpc) is 3.20. The van der Waals surface area contributed by atoms with Gasteiger partial charge in [-0.1, -0.05) is 12.1 Å². The number of rotatable bonds is 6. The lowest BCUT2D eigenvalue weighted by Crippen LogP contribution is -2.46. The molecule has 0 saturated carbocycles. The fourth-order valence-corrected chi connectivity index (χ4v) is 4.87. The molecular formula is C18H23F3N4O3S.